The highest BCUT2D eigenvalue weighted by molar-refractivity contribution is 4.98. The zero-order valence-electron chi connectivity index (χ0n) is 3.56. The standard InChI is InChI=1S/C5H5O/c1-5-2-3-6-4-5/h2-3H,1H3. The van der Waals surface area contributed by atoms with E-state index in [0.29, 0.717) is 0 Å². The molecule has 1 aromatic heterocycles. The van der Waals surface area contributed by atoms with E-state index in [4.69, 9.17) is 0 Å². The molecule has 1 heteroatoms. The van der Waals surface area contributed by atoms with E-state index in [1.807, 2.05) is 13.0 Å². The fraction of sp³-hybridized carbons (Fsp3) is 0.200. The maximum absolute atomic E-state index is 4.59. The van der Waals surface area contributed by atoms with Gasteiger partial charge < -0.3 is 4.42 Å². The van der Waals surface area contributed by atoms with Gasteiger partial charge in [0.05, 0.1) is 6.26 Å². The number of hydrogen-bond donors (Lipinski definition) is 0. The van der Waals surface area contributed by atoms with E-state index in [-0.39, 0.29) is 0 Å². The average molecular weight is 81.1 g/mol. The van der Waals surface area contributed by atoms with Crippen LogP contribution in [0.4, 0.5) is 0 Å². The summed E-state index contributed by atoms with van der Waals surface area (Å²) in [5, 5.41) is 0. The van der Waals surface area contributed by atoms with Crippen LogP contribution < -0.4 is 0 Å². The van der Waals surface area contributed by atoms with Crippen LogP contribution in [-0.2, 0) is 0 Å². The van der Waals surface area contributed by atoms with Gasteiger partial charge in [-0.05, 0) is 18.6 Å². The first-order chi connectivity index (χ1) is 2.89. The highest BCUT2D eigenvalue weighted by atomic mass is 16.3. The van der Waals surface area contributed by atoms with E-state index in [0.717, 1.165) is 5.56 Å². The number of furan rings is 1. The van der Waals surface area contributed by atoms with Crippen LogP contribution >= 0.6 is 0 Å². The largest absolute Gasteiger partial charge is 0.461 e. The smallest absolute Gasteiger partial charge is 0.172 e. The summed E-state index contributed by atoms with van der Waals surface area (Å²) in [4.78, 5) is 0. The van der Waals surface area contributed by atoms with Gasteiger partial charge in [0, 0.05) is 0 Å². The third-order valence-electron chi connectivity index (χ3n) is 0.606. The fourth-order valence-corrected chi connectivity index (χ4v) is 0.297. The monoisotopic (exact) mass is 81.0 g/mol. The molecule has 0 spiro atoms. The van der Waals surface area contributed by atoms with Gasteiger partial charge in [0.25, 0.3) is 0 Å². The van der Waals surface area contributed by atoms with Crippen LogP contribution in [0.2, 0.25) is 0 Å². The fourth-order valence-electron chi connectivity index (χ4n) is 0.297. The Balaban J connectivity index is 3.05. The van der Waals surface area contributed by atoms with Gasteiger partial charge >= 0.3 is 0 Å². The maximum Gasteiger partial charge on any atom is 0.172 e. The van der Waals surface area contributed by atoms with Crippen molar-refractivity contribution < 1.29 is 4.42 Å². The van der Waals surface area contributed by atoms with Gasteiger partial charge in [0.2, 0.25) is 0 Å². The lowest BCUT2D eigenvalue weighted by atomic mass is 10.4. The third kappa shape index (κ3) is 0.432. The van der Waals surface area contributed by atoms with Crippen molar-refractivity contribution in [2.75, 3.05) is 0 Å². The normalized spacial score (nSPS) is 8.83. The molecule has 0 unspecified atom stereocenters. The Morgan fingerprint density at radius 2 is 2.67 bits per heavy atom. The molecule has 0 N–H and O–H groups in total. The lowest BCUT2D eigenvalue weighted by Gasteiger charge is -1.61. The van der Waals surface area contributed by atoms with Gasteiger partial charge in [-0.2, -0.15) is 0 Å². The Labute approximate surface area is 36.6 Å². The molecule has 31 valence electrons. The Morgan fingerprint density at radius 3 is 2.83 bits per heavy atom. The molecule has 0 bridgehead atoms. The van der Waals surface area contributed by atoms with Crippen LogP contribution in [0.3, 0.4) is 0 Å². The predicted octanol–water partition coefficient (Wildman–Crippen LogP) is 1.39. The molecule has 0 aliphatic carbocycles. The highest BCUT2D eigenvalue weighted by Crippen LogP contribution is 1.92. The van der Waals surface area contributed by atoms with Crippen molar-refractivity contribution in [1.29, 1.82) is 0 Å². The van der Waals surface area contributed by atoms with Gasteiger partial charge in [0.1, 0.15) is 0 Å². The van der Waals surface area contributed by atoms with Crippen molar-refractivity contribution in [3.05, 3.63) is 24.2 Å². The number of hydrogen-bond acceptors (Lipinski definition) is 1. The summed E-state index contributed by atoms with van der Waals surface area (Å²) in [5.74, 6) is 0. The van der Waals surface area contributed by atoms with Crippen LogP contribution in [0.15, 0.2) is 16.7 Å². The van der Waals surface area contributed by atoms with Crippen molar-refractivity contribution in [1.82, 2.24) is 0 Å². The molecular formula is C5H5O. The quantitative estimate of drug-likeness (QED) is 0.460. The molecule has 0 atom stereocenters. The molecule has 1 radical (unpaired) electrons. The molecule has 1 aromatic rings. The van der Waals surface area contributed by atoms with Gasteiger partial charge in [0.15, 0.2) is 6.26 Å². The minimum absolute atomic E-state index is 1.05. The van der Waals surface area contributed by atoms with Crippen LogP contribution in [0.5, 0.6) is 0 Å². The summed E-state index contributed by atoms with van der Waals surface area (Å²) in [6, 6.07) is 1.86. The van der Waals surface area contributed by atoms with Crippen molar-refractivity contribution in [2.24, 2.45) is 0 Å². The van der Waals surface area contributed by atoms with Crippen LogP contribution in [0, 0.1) is 13.2 Å². The third-order valence-corrected chi connectivity index (χ3v) is 0.606. The van der Waals surface area contributed by atoms with Crippen LogP contribution in [0.25, 0.3) is 0 Å². The molecule has 1 heterocycles. The van der Waals surface area contributed by atoms with Crippen molar-refractivity contribution in [3.8, 4) is 0 Å². The second-order valence-electron chi connectivity index (χ2n) is 1.21. The first kappa shape index (κ1) is 3.47. The van der Waals surface area contributed by atoms with Gasteiger partial charge in [-0.25, -0.2) is 0 Å². The van der Waals surface area contributed by atoms with Crippen molar-refractivity contribution in [3.63, 3.8) is 0 Å². The van der Waals surface area contributed by atoms with E-state index in [1.165, 1.54) is 0 Å². The molecular weight excluding hydrogens is 76.1 g/mol. The van der Waals surface area contributed by atoms with Gasteiger partial charge in [-0.1, -0.05) is 0 Å². The summed E-state index contributed by atoms with van der Waals surface area (Å²) in [7, 11) is 0. The molecule has 0 aromatic carbocycles. The molecule has 0 aliphatic heterocycles. The second kappa shape index (κ2) is 1.17. The zero-order valence-corrected chi connectivity index (χ0v) is 3.56. The van der Waals surface area contributed by atoms with Crippen LogP contribution in [-0.4, -0.2) is 0 Å². The minimum Gasteiger partial charge on any atom is -0.461 e. The highest BCUT2D eigenvalue weighted by Gasteiger charge is 1.77. The number of aryl methyl sites for hydroxylation is 1. The molecule has 0 fully saturated rings. The predicted molar refractivity (Wildman–Crippen MR) is 22.3 cm³/mol. The summed E-state index contributed by atoms with van der Waals surface area (Å²) in [6.07, 6.45) is 4.23. The molecule has 0 saturated carbocycles. The van der Waals surface area contributed by atoms with Crippen LogP contribution in [0.1, 0.15) is 5.56 Å². The Hall–Kier alpha value is -0.720. The van der Waals surface area contributed by atoms with E-state index >= 15 is 0 Å². The summed E-state index contributed by atoms with van der Waals surface area (Å²) < 4.78 is 4.59. The van der Waals surface area contributed by atoms with E-state index in [9.17, 15) is 0 Å². The zero-order chi connectivity index (χ0) is 4.41. The summed E-state index contributed by atoms with van der Waals surface area (Å²) in [5.41, 5.74) is 1.05. The van der Waals surface area contributed by atoms with Gasteiger partial charge in [-0.3, -0.25) is 0 Å². The summed E-state index contributed by atoms with van der Waals surface area (Å²) >= 11 is 0. The average Bonchev–Trinajstić information content (AvgIpc) is 1.86. The van der Waals surface area contributed by atoms with Gasteiger partial charge in [-0.15, -0.1) is 0 Å². The Bertz CT molecular complexity index is 107. The molecule has 1 rings (SSSR count). The Morgan fingerprint density at radius 1 is 1.83 bits per heavy atom. The summed E-state index contributed by atoms with van der Waals surface area (Å²) in [6.45, 7) is 1.93. The molecule has 0 saturated heterocycles. The first-order valence-corrected chi connectivity index (χ1v) is 1.81. The molecule has 0 aliphatic rings. The maximum atomic E-state index is 4.59. The topological polar surface area (TPSA) is 13.1 Å². The molecule has 1 nitrogen and oxygen atoms in total. The SMILES string of the molecule is Cc1[c]occ1. The van der Waals surface area contributed by atoms with E-state index in [2.05, 4.69) is 10.7 Å². The lowest BCUT2D eigenvalue weighted by molar-refractivity contribution is 0.556. The lowest BCUT2D eigenvalue weighted by Crippen LogP contribution is -1.49. The second-order valence-corrected chi connectivity index (χ2v) is 1.21. The first-order valence-electron chi connectivity index (χ1n) is 1.81. The Kier molecular flexibility index (Phi) is 0.675. The molecule has 6 heavy (non-hydrogen) atoms. The molecule has 0 amide bonds. The van der Waals surface area contributed by atoms with Crippen molar-refractivity contribution in [2.45, 2.75) is 6.92 Å². The number of rotatable bonds is 0. The van der Waals surface area contributed by atoms with Crippen molar-refractivity contribution >= 4 is 0 Å². The minimum atomic E-state index is 1.05. The van der Waals surface area contributed by atoms with E-state index in [1.54, 1.807) is 6.26 Å². The van der Waals surface area contributed by atoms with E-state index < -0.39 is 0 Å².